The van der Waals surface area contributed by atoms with Crippen LogP contribution >= 0.6 is 24.0 Å². The summed E-state index contributed by atoms with van der Waals surface area (Å²) < 4.78 is 1.85. The highest BCUT2D eigenvalue weighted by atomic mass is 127. The van der Waals surface area contributed by atoms with Crippen molar-refractivity contribution in [2.75, 3.05) is 5.32 Å². The molecule has 0 saturated carbocycles. The number of aromatic nitrogens is 3. The lowest BCUT2D eigenvalue weighted by Gasteiger charge is -2.08. The summed E-state index contributed by atoms with van der Waals surface area (Å²) in [6.07, 6.45) is 7.08. The lowest BCUT2D eigenvalue weighted by atomic mass is 10.1. The molecule has 25 heavy (non-hydrogen) atoms. The summed E-state index contributed by atoms with van der Waals surface area (Å²) in [6, 6.07) is 10.1. The van der Waals surface area contributed by atoms with E-state index >= 15 is 0 Å². The zero-order valence-electron chi connectivity index (χ0n) is 14.2. The monoisotopic (exact) mass is 448 g/mol. The smallest absolute Gasteiger partial charge is 0.193 e. The first kappa shape index (κ1) is 18.9. The largest absolute Gasteiger partial charge is 0.370 e. The second-order valence-electron chi connectivity index (χ2n) is 5.70. The third-order valence-electron chi connectivity index (χ3n) is 3.50. The fourth-order valence-electron chi connectivity index (χ4n) is 2.47. The van der Waals surface area contributed by atoms with E-state index in [9.17, 15) is 0 Å². The van der Waals surface area contributed by atoms with Gasteiger partial charge >= 0.3 is 0 Å². The fraction of sp³-hybridized carbons (Fsp3) is 0.167. The maximum absolute atomic E-state index is 5.97. The molecule has 0 aliphatic rings. The molecule has 0 aliphatic carbocycles. The highest BCUT2D eigenvalue weighted by molar-refractivity contribution is 14.0. The molecule has 3 rings (SSSR count). The minimum atomic E-state index is 0. The molecule has 0 spiro atoms. The first-order valence-corrected chi connectivity index (χ1v) is 7.69. The summed E-state index contributed by atoms with van der Waals surface area (Å²) in [4.78, 5) is 12.8. The summed E-state index contributed by atoms with van der Waals surface area (Å²) >= 11 is 0. The topological polar surface area (TPSA) is 81.1 Å². The number of pyridine rings is 1. The van der Waals surface area contributed by atoms with Crippen LogP contribution in [0.3, 0.4) is 0 Å². The third-order valence-corrected chi connectivity index (χ3v) is 3.50. The SMILES string of the molecule is Cc1cc(C)cc(NC(N)=NCc2ccc(-n3ccnc3)nc2)c1.I. The third kappa shape index (κ3) is 5.28. The number of hydrogen-bond acceptors (Lipinski definition) is 3. The lowest BCUT2D eigenvalue weighted by Crippen LogP contribution is -2.22. The second-order valence-corrected chi connectivity index (χ2v) is 5.70. The van der Waals surface area contributed by atoms with Crippen molar-refractivity contribution in [1.82, 2.24) is 14.5 Å². The maximum Gasteiger partial charge on any atom is 0.193 e. The Hall–Kier alpha value is -2.42. The van der Waals surface area contributed by atoms with Gasteiger partial charge in [0, 0.05) is 24.3 Å². The van der Waals surface area contributed by atoms with Gasteiger partial charge in [0.05, 0.1) is 6.54 Å². The van der Waals surface area contributed by atoms with Gasteiger partial charge in [0.1, 0.15) is 12.1 Å². The van der Waals surface area contributed by atoms with Crippen LogP contribution in [-0.4, -0.2) is 20.5 Å². The van der Waals surface area contributed by atoms with Crippen LogP contribution in [0, 0.1) is 13.8 Å². The van der Waals surface area contributed by atoms with Crippen molar-refractivity contribution in [3.05, 3.63) is 71.9 Å². The number of benzene rings is 1. The van der Waals surface area contributed by atoms with Gasteiger partial charge in [0.25, 0.3) is 0 Å². The first-order valence-electron chi connectivity index (χ1n) is 7.69. The Morgan fingerprint density at radius 1 is 1.20 bits per heavy atom. The molecule has 3 aromatic rings. The minimum Gasteiger partial charge on any atom is -0.370 e. The van der Waals surface area contributed by atoms with Gasteiger partial charge in [-0.3, -0.25) is 4.57 Å². The van der Waals surface area contributed by atoms with Crippen molar-refractivity contribution in [3.63, 3.8) is 0 Å². The number of nitrogens with two attached hydrogens (primary N) is 1. The number of imidazole rings is 1. The molecular formula is C18H21IN6. The molecule has 2 heterocycles. The van der Waals surface area contributed by atoms with Gasteiger partial charge < -0.3 is 11.1 Å². The Balaban J connectivity index is 0.00000225. The quantitative estimate of drug-likeness (QED) is 0.364. The van der Waals surface area contributed by atoms with Crippen molar-refractivity contribution >= 4 is 35.6 Å². The van der Waals surface area contributed by atoms with Crippen LogP contribution in [0.2, 0.25) is 0 Å². The van der Waals surface area contributed by atoms with E-state index in [0.29, 0.717) is 12.5 Å². The number of hydrogen-bond donors (Lipinski definition) is 2. The Bertz CT molecular complexity index is 820. The lowest BCUT2D eigenvalue weighted by molar-refractivity contribution is 0.967. The Kier molecular flexibility index (Phi) is 6.51. The zero-order valence-corrected chi connectivity index (χ0v) is 16.5. The Morgan fingerprint density at radius 3 is 2.56 bits per heavy atom. The van der Waals surface area contributed by atoms with Crippen LogP contribution in [0.25, 0.3) is 5.82 Å². The molecule has 0 fully saturated rings. The molecule has 7 heteroatoms. The van der Waals surface area contributed by atoms with Gasteiger partial charge in [0.2, 0.25) is 0 Å². The highest BCUT2D eigenvalue weighted by Crippen LogP contribution is 2.13. The molecule has 2 aromatic heterocycles. The van der Waals surface area contributed by atoms with Crippen LogP contribution in [0.5, 0.6) is 0 Å². The normalized spacial score (nSPS) is 11.0. The van der Waals surface area contributed by atoms with Crippen LogP contribution in [0.15, 0.2) is 60.2 Å². The number of anilines is 1. The van der Waals surface area contributed by atoms with E-state index in [1.54, 1.807) is 18.7 Å². The molecule has 0 saturated heterocycles. The van der Waals surface area contributed by atoms with Gasteiger partial charge in [-0.25, -0.2) is 15.0 Å². The van der Waals surface area contributed by atoms with Crippen LogP contribution < -0.4 is 11.1 Å². The maximum atomic E-state index is 5.97. The summed E-state index contributed by atoms with van der Waals surface area (Å²) in [5.74, 6) is 1.21. The molecular weight excluding hydrogens is 427 g/mol. The predicted molar refractivity (Wildman–Crippen MR) is 112 cm³/mol. The van der Waals surface area contributed by atoms with Gasteiger partial charge in [-0.15, -0.1) is 24.0 Å². The van der Waals surface area contributed by atoms with E-state index in [1.165, 1.54) is 11.1 Å². The highest BCUT2D eigenvalue weighted by Gasteiger charge is 2.00. The van der Waals surface area contributed by atoms with Crippen molar-refractivity contribution in [2.24, 2.45) is 10.7 Å². The van der Waals surface area contributed by atoms with E-state index in [-0.39, 0.29) is 24.0 Å². The minimum absolute atomic E-state index is 0. The van der Waals surface area contributed by atoms with E-state index < -0.39 is 0 Å². The van der Waals surface area contributed by atoms with Crippen molar-refractivity contribution < 1.29 is 0 Å². The number of aryl methyl sites for hydroxylation is 2. The van der Waals surface area contributed by atoms with Gasteiger partial charge in [0.15, 0.2) is 5.96 Å². The van der Waals surface area contributed by atoms with E-state index in [0.717, 1.165) is 17.1 Å². The number of rotatable bonds is 4. The number of nitrogens with zero attached hydrogens (tertiary/aromatic N) is 4. The first-order chi connectivity index (χ1) is 11.6. The number of aliphatic imine (C=N–C) groups is 1. The van der Waals surface area contributed by atoms with Crippen LogP contribution in [-0.2, 0) is 6.54 Å². The van der Waals surface area contributed by atoms with E-state index in [4.69, 9.17) is 5.73 Å². The average molecular weight is 448 g/mol. The Labute approximate surface area is 164 Å². The molecule has 130 valence electrons. The average Bonchev–Trinajstić information content (AvgIpc) is 3.07. The zero-order chi connectivity index (χ0) is 16.9. The molecule has 0 atom stereocenters. The van der Waals surface area contributed by atoms with Gasteiger partial charge in [-0.2, -0.15) is 0 Å². The molecule has 0 bridgehead atoms. The standard InChI is InChI=1S/C18H20N6.HI/c1-13-7-14(2)9-16(8-13)23-18(19)22-11-15-3-4-17(21-10-15)24-6-5-20-12-24;/h3-10,12H,11H2,1-2H3,(H3,19,22,23);1H. The summed E-state index contributed by atoms with van der Waals surface area (Å²) in [5.41, 5.74) is 10.3. The van der Waals surface area contributed by atoms with Gasteiger partial charge in [-0.1, -0.05) is 12.1 Å². The number of guanidine groups is 1. The summed E-state index contributed by atoms with van der Waals surface area (Å²) in [5, 5.41) is 3.12. The van der Waals surface area contributed by atoms with Crippen LogP contribution in [0.1, 0.15) is 16.7 Å². The van der Waals surface area contributed by atoms with Crippen LogP contribution in [0.4, 0.5) is 5.69 Å². The second kappa shape index (κ2) is 8.61. The predicted octanol–water partition coefficient (Wildman–Crippen LogP) is 3.43. The fourth-order valence-corrected chi connectivity index (χ4v) is 2.47. The number of halogens is 1. The molecule has 0 aliphatic heterocycles. The van der Waals surface area contributed by atoms with E-state index in [2.05, 4.69) is 40.2 Å². The molecule has 0 unspecified atom stereocenters. The molecule has 0 radical (unpaired) electrons. The molecule has 1 aromatic carbocycles. The number of nitrogens with one attached hydrogen (secondary N) is 1. The summed E-state index contributed by atoms with van der Waals surface area (Å²) in [7, 11) is 0. The van der Waals surface area contributed by atoms with Crippen molar-refractivity contribution in [1.29, 1.82) is 0 Å². The summed E-state index contributed by atoms with van der Waals surface area (Å²) in [6.45, 7) is 4.58. The van der Waals surface area contributed by atoms with Crippen molar-refractivity contribution in [3.8, 4) is 5.82 Å². The Morgan fingerprint density at radius 2 is 1.96 bits per heavy atom. The van der Waals surface area contributed by atoms with Gasteiger partial charge in [-0.05, 0) is 48.7 Å². The van der Waals surface area contributed by atoms with Crippen molar-refractivity contribution in [2.45, 2.75) is 20.4 Å². The van der Waals surface area contributed by atoms with E-state index in [1.807, 2.05) is 35.0 Å². The molecule has 0 amide bonds. The molecule has 6 nitrogen and oxygen atoms in total. The molecule has 3 N–H and O–H groups in total.